The monoisotopic (exact) mass is 486 g/mol. The molecule has 0 bridgehead atoms. The van der Waals surface area contributed by atoms with E-state index in [9.17, 15) is 14.4 Å². The lowest BCUT2D eigenvalue weighted by atomic mass is 10.1. The number of hydrogen-bond donors (Lipinski definition) is 3. The number of benzene rings is 1. The van der Waals surface area contributed by atoms with Gasteiger partial charge in [0.2, 0.25) is 5.95 Å². The van der Waals surface area contributed by atoms with E-state index in [0.717, 1.165) is 16.8 Å². The fraction of sp³-hybridized carbons (Fsp3) is 0.160. The number of Topliss-reactive ketones (excluding diaryl/α,β-unsaturated/α-hetero) is 1. The lowest BCUT2D eigenvalue weighted by molar-refractivity contribution is -0.112. The number of H-pyrrole nitrogens is 2. The number of aryl methyl sites for hydroxylation is 2. The molecule has 4 heterocycles. The Kier molecular flexibility index (Phi) is 5.87. The van der Waals surface area contributed by atoms with Crippen molar-refractivity contribution in [2.24, 2.45) is 0 Å². The summed E-state index contributed by atoms with van der Waals surface area (Å²) in [6, 6.07) is 14.2. The van der Waals surface area contributed by atoms with Crippen molar-refractivity contribution in [1.29, 1.82) is 0 Å². The molecular formula is C25H22N6O3S. The van der Waals surface area contributed by atoms with E-state index in [1.54, 1.807) is 19.1 Å². The zero-order valence-electron chi connectivity index (χ0n) is 19.1. The van der Waals surface area contributed by atoms with E-state index in [0.29, 0.717) is 34.5 Å². The Balaban J connectivity index is 1.55. The van der Waals surface area contributed by atoms with Crippen molar-refractivity contribution in [3.63, 3.8) is 0 Å². The Morgan fingerprint density at radius 2 is 1.94 bits per heavy atom. The molecule has 0 saturated heterocycles. The molecule has 0 radical (unpaired) electrons. The van der Waals surface area contributed by atoms with Crippen molar-refractivity contribution in [1.82, 2.24) is 24.7 Å². The second-order valence-electron chi connectivity index (χ2n) is 8.07. The minimum atomic E-state index is -0.816. The highest BCUT2D eigenvalue weighted by Gasteiger charge is 2.25. The SMILES string of the molecule is CCCc1cc(=O)[nH]c(-n2nc(-c3cccs3)cc2NC(=O)C(=O)c2c(C)[nH]c3ccccc23)n1. The third kappa shape index (κ3) is 4.31. The second kappa shape index (κ2) is 9.15. The average molecular weight is 487 g/mol. The summed E-state index contributed by atoms with van der Waals surface area (Å²) in [5.74, 6) is -1.11. The first-order chi connectivity index (χ1) is 16.9. The first-order valence-electron chi connectivity index (χ1n) is 11.1. The van der Waals surface area contributed by atoms with Gasteiger partial charge in [-0.25, -0.2) is 4.98 Å². The smallest absolute Gasteiger partial charge is 0.298 e. The third-order valence-corrected chi connectivity index (χ3v) is 6.43. The van der Waals surface area contributed by atoms with Crippen LogP contribution in [0.25, 0.3) is 27.4 Å². The maximum atomic E-state index is 13.2. The Morgan fingerprint density at radius 1 is 1.11 bits per heavy atom. The Labute approximate surface area is 203 Å². The molecule has 0 aliphatic carbocycles. The van der Waals surface area contributed by atoms with Crippen LogP contribution in [0.2, 0.25) is 0 Å². The van der Waals surface area contributed by atoms with Crippen molar-refractivity contribution in [2.45, 2.75) is 26.7 Å². The van der Waals surface area contributed by atoms with Gasteiger partial charge in [-0.15, -0.1) is 11.3 Å². The van der Waals surface area contributed by atoms with Gasteiger partial charge in [0.1, 0.15) is 11.5 Å². The number of aromatic nitrogens is 5. The molecule has 0 saturated carbocycles. The summed E-state index contributed by atoms with van der Waals surface area (Å²) in [5, 5.41) is 9.84. The van der Waals surface area contributed by atoms with E-state index in [1.807, 2.05) is 42.6 Å². The number of amides is 1. The van der Waals surface area contributed by atoms with Gasteiger partial charge >= 0.3 is 0 Å². The van der Waals surface area contributed by atoms with Gasteiger partial charge in [-0.3, -0.25) is 19.4 Å². The van der Waals surface area contributed by atoms with E-state index in [-0.39, 0.29) is 17.3 Å². The van der Waals surface area contributed by atoms with Crippen LogP contribution in [0.1, 0.15) is 35.1 Å². The molecule has 4 aromatic heterocycles. The van der Waals surface area contributed by atoms with Crippen LogP contribution < -0.4 is 10.9 Å². The first kappa shape index (κ1) is 22.5. The molecule has 0 aliphatic rings. The number of anilines is 1. The average Bonchev–Trinajstić information content (AvgIpc) is 3.56. The summed E-state index contributed by atoms with van der Waals surface area (Å²) >= 11 is 1.48. The van der Waals surface area contributed by atoms with Crippen LogP contribution in [0.15, 0.2) is 58.7 Å². The molecule has 0 atom stereocenters. The van der Waals surface area contributed by atoms with E-state index in [1.165, 1.54) is 22.1 Å². The van der Waals surface area contributed by atoms with Gasteiger partial charge in [0, 0.05) is 34.4 Å². The van der Waals surface area contributed by atoms with Crippen molar-refractivity contribution in [3.8, 4) is 16.5 Å². The van der Waals surface area contributed by atoms with Gasteiger partial charge < -0.3 is 10.3 Å². The van der Waals surface area contributed by atoms with E-state index in [2.05, 4.69) is 25.4 Å². The van der Waals surface area contributed by atoms with Gasteiger partial charge in [0.15, 0.2) is 0 Å². The first-order valence-corrected chi connectivity index (χ1v) is 12.0. The number of carbonyl (C=O) groups excluding carboxylic acids is 2. The van der Waals surface area contributed by atoms with E-state index in [4.69, 9.17) is 0 Å². The lowest BCUT2D eigenvalue weighted by Crippen LogP contribution is -2.25. The molecule has 0 aliphatic heterocycles. The topological polar surface area (TPSA) is 126 Å². The van der Waals surface area contributed by atoms with Crippen molar-refractivity contribution < 1.29 is 9.59 Å². The van der Waals surface area contributed by atoms with Crippen LogP contribution in [0.4, 0.5) is 5.82 Å². The van der Waals surface area contributed by atoms with Crippen LogP contribution in [0.5, 0.6) is 0 Å². The maximum absolute atomic E-state index is 13.2. The summed E-state index contributed by atoms with van der Waals surface area (Å²) in [6.07, 6.45) is 1.44. The number of fused-ring (bicyclic) bond motifs is 1. The Hall–Kier alpha value is -4.31. The van der Waals surface area contributed by atoms with Gasteiger partial charge in [0.25, 0.3) is 17.2 Å². The van der Waals surface area contributed by atoms with Crippen molar-refractivity contribution in [3.05, 3.63) is 81.2 Å². The van der Waals surface area contributed by atoms with Gasteiger partial charge in [-0.05, 0) is 30.9 Å². The number of carbonyl (C=O) groups is 2. The quantitative estimate of drug-likeness (QED) is 0.234. The van der Waals surface area contributed by atoms with Crippen molar-refractivity contribution in [2.75, 3.05) is 5.32 Å². The number of nitrogens with zero attached hydrogens (tertiary/aromatic N) is 3. The highest BCUT2D eigenvalue weighted by molar-refractivity contribution is 7.13. The fourth-order valence-corrected chi connectivity index (χ4v) is 4.69. The van der Waals surface area contributed by atoms with Gasteiger partial charge in [-0.2, -0.15) is 9.78 Å². The number of nitrogens with one attached hydrogen (secondary N) is 3. The minimum Gasteiger partial charge on any atom is -0.358 e. The molecule has 3 N–H and O–H groups in total. The largest absolute Gasteiger partial charge is 0.358 e. The van der Waals surface area contributed by atoms with Crippen LogP contribution >= 0.6 is 11.3 Å². The molecule has 1 aromatic carbocycles. The van der Waals surface area contributed by atoms with Crippen LogP contribution in [-0.2, 0) is 11.2 Å². The van der Waals surface area contributed by atoms with Crippen LogP contribution in [-0.4, -0.2) is 36.4 Å². The normalized spacial score (nSPS) is 11.1. The molecule has 5 aromatic rings. The number of aromatic amines is 2. The van der Waals surface area contributed by atoms with E-state index >= 15 is 0 Å². The summed E-state index contributed by atoms with van der Waals surface area (Å²) in [4.78, 5) is 49.8. The summed E-state index contributed by atoms with van der Waals surface area (Å²) in [5.41, 5.74) is 2.57. The number of hydrogen-bond acceptors (Lipinski definition) is 6. The predicted octanol–water partition coefficient (Wildman–Crippen LogP) is 4.25. The van der Waals surface area contributed by atoms with Gasteiger partial charge in [-0.1, -0.05) is 37.6 Å². The minimum absolute atomic E-state index is 0.162. The van der Waals surface area contributed by atoms with E-state index < -0.39 is 11.7 Å². The molecule has 176 valence electrons. The number of ketones is 1. The zero-order valence-corrected chi connectivity index (χ0v) is 19.9. The number of rotatable bonds is 7. The molecular weight excluding hydrogens is 464 g/mol. The Morgan fingerprint density at radius 3 is 2.71 bits per heavy atom. The second-order valence-corrected chi connectivity index (χ2v) is 9.02. The third-order valence-electron chi connectivity index (χ3n) is 5.54. The molecule has 1 amide bonds. The summed E-state index contributed by atoms with van der Waals surface area (Å²) in [7, 11) is 0. The zero-order chi connectivity index (χ0) is 24.5. The number of thiophene rings is 1. The fourth-order valence-electron chi connectivity index (χ4n) is 4.01. The van der Waals surface area contributed by atoms with Crippen LogP contribution in [0.3, 0.4) is 0 Å². The van der Waals surface area contributed by atoms with Crippen LogP contribution in [0, 0.1) is 6.92 Å². The standard InChI is InChI=1S/C25H22N6O3S/c1-3-7-15-12-21(32)29-25(27-15)31-20(13-18(30-31)19-10-6-11-35-19)28-24(34)23(33)22-14(2)26-17-9-5-4-8-16(17)22/h4-6,8-13,26H,3,7H2,1-2H3,(H,28,34)(H,27,29,32). The molecule has 5 rings (SSSR count). The lowest BCUT2D eigenvalue weighted by Gasteiger charge is -2.09. The summed E-state index contributed by atoms with van der Waals surface area (Å²) < 4.78 is 1.35. The van der Waals surface area contributed by atoms with Crippen molar-refractivity contribution >= 4 is 39.7 Å². The molecule has 0 spiro atoms. The highest BCUT2D eigenvalue weighted by atomic mass is 32.1. The Bertz CT molecular complexity index is 1610. The van der Waals surface area contributed by atoms with Gasteiger partial charge in [0.05, 0.1) is 10.4 Å². The highest BCUT2D eigenvalue weighted by Crippen LogP contribution is 2.28. The molecule has 9 nitrogen and oxygen atoms in total. The number of para-hydroxylation sites is 1. The molecule has 10 heteroatoms. The molecule has 0 fully saturated rings. The maximum Gasteiger partial charge on any atom is 0.298 e. The molecule has 35 heavy (non-hydrogen) atoms. The summed E-state index contributed by atoms with van der Waals surface area (Å²) in [6.45, 7) is 3.75. The molecule has 0 unspecified atom stereocenters. The predicted molar refractivity (Wildman–Crippen MR) is 135 cm³/mol.